The lowest BCUT2D eigenvalue weighted by atomic mass is 10.2. The van der Waals surface area contributed by atoms with Crippen LogP contribution in [-0.2, 0) is 4.79 Å². The van der Waals surface area contributed by atoms with Crippen LogP contribution >= 0.6 is 0 Å². The Morgan fingerprint density at radius 2 is 1.79 bits per heavy atom. The van der Waals surface area contributed by atoms with Crippen LogP contribution in [0, 0.1) is 6.92 Å². The first-order valence-electron chi connectivity index (χ1n) is 5.85. The van der Waals surface area contributed by atoms with Crippen LogP contribution in [-0.4, -0.2) is 21.5 Å². The van der Waals surface area contributed by atoms with Gasteiger partial charge in [-0.15, -0.1) is 0 Å². The van der Waals surface area contributed by atoms with E-state index in [0.29, 0.717) is 11.3 Å². The van der Waals surface area contributed by atoms with E-state index < -0.39 is 5.97 Å². The molecule has 0 radical (unpaired) electrons. The lowest BCUT2D eigenvalue weighted by Gasteiger charge is -2.07. The monoisotopic (exact) mass is 258 g/mol. The second kappa shape index (κ2) is 5.06. The van der Waals surface area contributed by atoms with Crippen molar-refractivity contribution in [2.24, 2.45) is 0 Å². The quantitative estimate of drug-likeness (QED) is 0.626. The molecule has 0 bridgehead atoms. The molecule has 1 aromatic heterocycles. The van der Waals surface area contributed by atoms with Crippen molar-refractivity contribution >= 4 is 11.8 Å². The average Bonchev–Trinajstić information content (AvgIpc) is 2.66. The first-order valence-corrected chi connectivity index (χ1v) is 5.85. The van der Waals surface area contributed by atoms with Gasteiger partial charge in [0, 0.05) is 6.92 Å². The summed E-state index contributed by atoms with van der Waals surface area (Å²) in [6.45, 7) is 4.43. The third kappa shape index (κ3) is 2.54. The fourth-order valence-electron chi connectivity index (χ4n) is 1.89. The van der Waals surface area contributed by atoms with Crippen molar-refractivity contribution in [2.45, 2.75) is 20.8 Å². The van der Waals surface area contributed by atoms with Crippen LogP contribution in [0.4, 0.5) is 0 Å². The fraction of sp³-hybridized carbons (Fsp3) is 0.214. The highest BCUT2D eigenvalue weighted by molar-refractivity contribution is 5.98. The molecule has 0 atom stereocenters. The molecule has 0 N–H and O–H groups in total. The molecule has 0 amide bonds. The summed E-state index contributed by atoms with van der Waals surface area (Å²) in [5.41, 5.74) is 1.60. The van der Waals surface area contributed by atoms with E-state index in [2.05, 4.69) is 5.10 Å². The van der Waals surface area contributed by atoms with Gasteiger partial charge in [-0.05, 0) is 26.0 Å². The number of ether oxygens (including phenoxy) is 1. The van der Waals surface area contributed by atoms with E-state index in [-0.39, 0.29) is 11.7 Å². The molecule has 0 fully saturated rings. The van der Waals surface area contributed by atoms with Crippen LogP contribution in [0.15, 0.2) is 30.3 Å². The Labute approximate surface area is 110 Å². The minimum atomic E-state index is -0.486. The van der Waals surface area contributed by atoms with Gasteiger partial charge in [0.25, 0.3) is 0 Å². The standard InChI is InChI=1S/C14H14N2O3/c1-9-13(10(2)17)14(19-11(3)18)16(15-9)12-7-5-4-6-8-12/h4-8H,1-3H3. The fourth-order valence-corrected chi connectivity index (χ4v) is 1.89. The number of hydrogen-bond donors (Lipinski definition) is 0. The van der Waals surface area contributed by atoms with Crippen molar-refractivity contribution in [3.63, 3.8) is 0 Å². The lowest BCUT2D eigenvalue weighted by Crippen LogP contribution is -2.09. The average molecular weight is 258 g/mol. The molecule has 1 heterocycles. The molecule has 5 nitrogen and oxygen atoms in total. The molecule has 0 unspecified atom stereocenters. The van der Waals surface area contributed by atoms with Crippen molar-refractivity contribution in [3.8, 4) is 11.6 Å². The Morgan fingerprint density at radius 1 is 1.16 bits per heavy atom. The summed E-state index contributed by atoms with van der Waals surface area (Å²) >= 11 is 0. The molecule has 0 saturated carbocycles. The lowest BCUT2D eigenvalue weighted by molar-refractivity contribution is -0.132. The van der Waals surface area contributed by atoms with E-state index in [9.17, 15) is 9.59 Å². The molecule has 1 aromatic carbocycles. The zero-order chi connectivity index (χ0) is 14.0. The van der Waals surface area contributed by atoms with Crippen LogP contribution in [0.3, 0.4) is 0 Å². The smallest absolute Gasteiger partial charge is 0.309 e. The van der Waals surface area contributed by atoms with E-state index in [0.717, 1.165) is 5.69 Å². The Morgan fingerprint density at radius 3 is 2.32 bits per heavy atom. The number of nitrogens with zero attached hydrogens (tertiary/aromatic N) is 2. The largest absolute Gasteiger partial charge is 0.407 e. The molecule has 2 rings (SSSR count). The van der Waals surface area contributed by atoms with Crippen molar-refractivity contribution in [1.29, 1.82) is 0 Å². The number of aromatic nitrogens is 2. The third-order valence-electron chi connectivity index (χ3n) is 2.61. The summed E-state index contributed by atoms with van der Waals surface area (Å²) in [5, 5.41) is 4.27. The van der Waals surface area contributed by atoms with Crippen LogP contribution in [0.25, 0.3) is 5.69 Å². The number of rotatable bonds is 3. The molecule has 2 aromatic rings. The van der Waals surface area contributed by atoms with E-state index in [1.807, 2.05) is 30.3 Å². The molecule has 0 aliphatic carbocycles. The van der Waals surface area contributed by atoms with Gasteiger partial charge in [0.2, 0.25) is 5.88 Å². The van der Waals surface area contributed by atoms with Gasteiger partial charge in [-0.1, -0.05) is 18.2 Å². The Bertz CT molecular complexity index is 630. The summed E-state index contributed by atoms with van der Waals surface area (Å²) in [6, 6.07) is 9.21. The van der Waals surface area contributed by atoms with Gasteiger partial charge in [-0.3, -0.25) is 9.59 Å². The van der Waals surface area contributed by atoms with Gasteiger partial charge in [0.15, 0.2) is 5.78 Å². The number of carbonyl (C=O) groups is 2. The highest BCUT2D eigenvalue weighted by atomic mass is 16.5. The normalized spacial score (nSPS) is 10.3. The Balaban J connectivity index is 2.64. The molecular formula is C14H14N2O3. The van der Waals surface area contributed by atoms with E-state index >= 15 is 0 Å². The SMILES string of the molecule is CC(=O)Oc1c(C(C)=O)c(C)nn1-c1ccccc1. The summed E-state index contributed by atoms with van der Waals surface area (Å²) in [6.07, 6.45) is 0. The van der Waals surface area contributed by atoms with Crippen molar-refractivity contribution in [1.82, 2.24) is 9.78 Å². The number of benzene rings is 1. The van der Waals surface area contributed by atoms with Crippen molar-refractivity contribution in [2.75, 3.05) is 0 Å². The predicted molar refractivity (Wildman–Crippen MR) is 69.6 cm³/mol. The zero-order valence-electron chi connectivity index (χ0n) is 11.0. The van der Waals surface area contributed by atoms with Gasteiger partial charge in [-0.2, -0.15) is 9.78 Å². The van der Waals surface area contributed by atoms with Gasteiger partial charge in [0.05, 0.1) is 11.4 Å². The molecular weight excluding hydrogens is 244 g/mol. The molecule has 0 spiro atoms. The third-order valence-corrected chi connectivity index (χ3v) is 2.61. The van der Waals surface area contributed by atoms with Crippen molar-refractivity contribution < 1.29 is 14.3 Å². The maximum absolute atomic E-state index is 11.7. The first kappa shape index (κ1) is 13.0. The topological polar surface area (TPSA) is 61.2 Å². The van der Waals surface area contributed by atoms with Crippen LogP contribution in [0.1, 0.15) is 29.9 Å². The maximum Gasteiger partial charge on any atom is 0.309 e. The van der Waals surface area contributed by atoms with Crippen LogP contribution in [0.5, 0.6) is 5.88 Å². The van der Waals surface area contributed by atoms with Crippen LogP contribution in [0.2, 0.25) is 0 Å². The summed E-state index contributed by atoms with van der Waals surface area (Å²) in [4.78, 5) is 22.9. The number of carbonyl (C=O) groups excluding carboxylic acids is 2. The van der Waals surface area contributed by atoms with Gasteiger partial charge in [0.1, 0.15) is 5.56 Å². The number of para-hydroxylation sites is 1. The summed E-state index contributed by atoms with van der Waals surface area (Å²) in [5.74, 6) is -0.501. The Kier molecular flexibility index (Phi) is 3.46. The highest BCUT2D eigenvalue weighted by Gasteiger charge is 2.22. The Hall–Kier alpha value is -2.43. The molecule has 0 saturated heterocycles. The van der Waals surface area contributed by atoms with Gasteiger partial charge < -0.3 is 4.74 Å². The van der Waals surface area contributed by atoms with E-state index in [4.69, 9.17) is 4.74 Å². The van der Waals surface area contributed by atoms with Crippen LogP contribution < -0.4 is 4.74 Å². The highest BCUT2D eigenvalue weighted by Crippen LogP contribution is 2.26. The minimum absolute atomic E-state index is 0.170. The molecule has 5 heteroatoms. The second-order valence-electron chi connectivity index (χ2n) is 4.16. The number of Topliss-reactive ketones (excluding diaryl/α,β-unsaturated/α-hetero) is 1. The molecule has 98 valence electrons. The number of esters is 1. The summed E-state index contributed by atoms with van der Waals surface area (Å²) < 4.78 is 6.62. The summed E-state index contributed by atoms with van der Waals surface area (Å²) in [7, 11) is 0. The second-order valence-corrected chi connectivity index (χ2v) is 4.16. The van der Waals surface area contributed by atoms with E-state index in [1.165, 1.54) is 18.5 Å². The first-order chi connectivity index (χ1) is 9.00. The molecule has 19 heavy (non-hydrogen) atoms. The number of hydrogen-bond acceptors (Lipinski definition) is 4. The van der Waals surface area contributed by atoms with Gasteiger partial charge in [-0.25, -0.2) is 0 Å². The number of aryl methyl sites for hydroxylation is 1. The molecule has 0 aliphatic rings. The van der Waals surface area contributed by atoms with Crippen molar-refractivity contribution in [3.05, 3.63) is 41.6 Å². The predicted octanol–water partition coefficient (Wildman–Crippen LogP) is 2.31. The number of ketones is 1. The maximum atomic E-state index is 11.7. The zero-order valence-corrected chi connectivity index (χ0v) is 11.0. The van der Waals surface area contributed by atoms with E-state index in [1.54, 1.807) is 6.92 Å². The van der Waals surface area contributed by atoms with Gasteiger partial charge >= 0.3 is 5.97 Å². The minimum Gasteiger partial charge on any atom is -0.407 e. The molecule has 0 aliphatic heterocycles.